The maximum Gasteiger partial charge on any atom is 0.305 e. The largest absolute Gasteiger partial charge is 0.466 e. The van der Waals surface area contributed by atoms with E-state index < -0.39 is 0 Å². The van der Waals surface area contributed by atoms with Crippen LogP contribution in [0.4, 0.5) is 0 Å². The van der Waals surface area contributed by atoms with Gasteiger partial charge < -0.3 is 10.1 Å². The number of carbonyl (C=O) groups excluding carboxylic acids is 2. The Morgan fingerprint density at radius 1 is 1.26 bits per heavy atom. The van der Waals surface area contributed by atoms with Gasteiger partial charge in [-0.2, -0.15) is 0 Å². The predicted molar refractivity (Wildman–Crippen MR) is 107 cm³/mol. The predicted octanol–water partition coefficient (Wildman–Crippen LogP) is 3.55. The lowest BCUT2D eigenvalue weighted by Gasteiger charge is -2.10. The Morgan fingerprint density at radius 2 is 2.00 bits per heavy atom. The van der Waals surface area contributed by atoms with Crippen LogP contribution in [-0.4, -0.2) is 40.3 Å². The van der Waals surface area contributed by atoms with Crippen molar-refractivity contribution in [3.63, 3.8) is 0 Å². The van der Waals surface area contributed by atoms with E-state index in [1.807, 2.05) is 10.8 Å². The highest BCUT2D eigenvalue weighted by atomic mass is 32.2. The number of esters is 1. The Labute approximate surface area is 164 Å². The van der Waals surface area contributed by atoms with Gasteiger partial charge in [0.25, 0.3) is 0 Å². The normalized spacial score (nSPS) is 10.8. The Balaban J connectivity index is 1.81. The van der Waals surface area contributed by atoms with E-state index in [-0.39, 0.29) is 17.6 Å². The average Bonchev–Trinajstić information content (AvgIpc) is 3.12. The number of rotatable bonds is 10. The molecule has 1 aromatic carbocycles. The van der Waals surface area contributed by atoms with Crippen molar-refractivity contribution in [1.29, 1.82) is 0 Å². The van der Waals surface area contributed by atoms with E-state index in [2.05, 4.69) is 48.4 Å². The number of ether oxygens (including phenoxy) is 1. The van der Waals surface area contributed by atoms with Crippen LogP contribution in [-0.2, 0) is 14.3 Å². The van der Waals surface area contributed by atoms with E-state index in [0.29, 0.717) is 31.9 Å². The summed E-state index contributed by atoms with van der Waals surface area (Å²) in [6.07, 6.45) is 4.52. The molecule has 0 aliphatic carbocycles. The van der Waals surface area contributed by atoms with Crippen LogP contribution in [0.25, 0.3) is 5.69 Å². The third-order valence-electron chi connectivity index (χ3n) is 3.96. The molecule has 1 amide bonds. The quantitative estimate of drug-likeness (QED) is 0.382. The SMILES string of the molecule is CCOC(=O)CCCNC(=O)CSc1nccn1-c1ccc(C(C)C)cc1. The van der Waals surface area contributed by atoms with Crippen molar-refractivity contribution in [1.82, 2.24) is 14.9 Å². The fraction of sp³-hybridized carbons (Fsp3) is 0.450. The number of thioether (sulfide) groups is 1. The first-order valence-electron chi connectivity index (χ1n) is 9.20. The molecule has 2 rings (SSSR count). The molecule has 0 aliphatic rings. The molecule has 1 aromatic heterocycles. The summed E-state index contributed by atoms with van der Waals surface area (Å²) >= 11 is 1.39. The molecule has 0 fully saturated rings. The summed E-state index contributed by atoms with van der Waals surface area (Å²) in [6, 6.07) is 8.36. The highest BCUT2D eigenvalue weighted by molar-refractivity contribution is 7.99. The van der Waals surface area contributed by atoms with E-state index in [9.17, 15) is 9.59 Å². The monoisotopic (exact) mass is 389 g/mol. The van der Waals surface area contributed by atoms with Crippen molar-refractivity contribution in [2.24, 2.45) is 0 Å². The molecular formula is C20H27N3O3S. The van der Waals surface area contributed by atoms with Gasteiger partial charge >= 0.3 is 5.97 Å². The molecule has 0 spiro atoms. The number of hydrogen-bond acceptors (Lipinski definition) is 5. The molecule has 1 heterocycles. The Hall–Kier alpha value is -2.28. The van der Waals surface area contributed by atoms with Crippen molar-refractivity contribution >= 4 is 23.6 Å². The third kappa shape index (κ3) is 6.75. The molecule has 0 aliphatic heterocycles. The van der Waals surface area contributed by atoms with Gasteiger partial charge in [0.2, 0.25) is 5.91 Å². The molecular weight excluding hydrogens is 362 g/mol. The van der Waals surface area contributed by atoms with Crippen LogP contribution in [0.3, 0.4) is 0 Å². The first kappa shape index (κ1) is 21.0. The Bertz CT molecular complexity index is 741. The molecule has 0 unspecified atom stereocenters. The summed E-state index contributed by atoms with van der Waals surface area (Å²) in [7, 11) is 0. The maximum absolute atomic E-state index is 12.0. The minimum atomic E-state index is -0.230. The zero-order valence-corrected chi connectivity index (χ0v) is 16.9. The molecule has 2 aromatic rings. The van der Waals surface area contributed by atoms with E-state index >= 15 is 0 Å². The first-order valence-corrected chi connectivity index (χ1v) is 10.2. The number of nitrogens with zero attached hydrogens (tertiary/aromatic N) is 2. The molecule has 1 N–H and O–H groups in total. The Kier molecular flexibility index (Phi) is 8.39. The Morgan fingerprint density at radius 3 is 2.67 bits per heavy atom. The van der Waals surface area contributed by atoms with Gasteiger partial charge in [0, 0.05) is 31.0 Å². The van der Waals surface area contributed by atoms with Crippen molar-refractivity contribution in [2.75, 3.05) is 18.9 Å². The maximum atomic E-state index is 12.0. The van der Waals surface area contributed by atoms with Crippen LogP contribution in [0.15, 0.2) is 41.8 Å². The number of carbonyl (C=O) groups is 2. The summed E-state index contributed by atoms with van der Waals surface area (Å²) in [4.78, 5) is 27.6. The van der Waals surface area contributed by atoms with Gasteiger partial charge in [0.05, 0.1) is 12.4 Å². The molecule has 6 nitrogen and oxygen atoms in total. The lowest BCUT2D eigenvalue weighted by Crippen LogP contribution is -2.26. The van der Waals surface area contributed by atoms with Crippen molar-refractivity contribution in [3.8, 4) is 5.69 Å². The van der Waals surface area contributed by atoms with Gasteiger partial charge in [0.1, 0.15) is 0 Å². The number of aromatic nitrogens is 2. The van der Waals surface area contributed by atoms with E-state index in [0.717, 1.165) is 10.8 Å². The van der Waals surface area contributed by atoms with Gasteiger partial charge in [-0.15, -0.1) is 0 Å². The molecule has 146 valence electrons. The van der Waals surface area contributed by atoms with Crippen LogP contribution >= 0.6 is 11.8 Å². The summed E-state index contributed by atoms with van der Waals surface area (Å²) in [5.74, 6) is 0.462. The van der Waals surface area contributed by atoms with Crippen molar-refractivity contribution in [2.45, 2.75) is 44.7 Å². The summed E-state index contributed by atoms with van der Waals surface area (Å²) in [5.41, 5.74) is 2.31. The smallest absolute Gasteiger partial charge is 0.305 e. The highest BCUT2D eigenvalue weighted by Crippen LogP contribution is 2.22. The van der Waals surface area contributed by atoms with Crippen LogP contribution in [0.5, 0.6) is 0 Å². The van der Waals surface area contributed by atoms with Gasteiger partial charge in [-0.25, -0.2) is 4.98 Å². The molecule has 0 bridgehead atoms. The van der Waals surface area contributed by atoms with Gasteiger partial charge in [-0.1, -0.05) is 37.7 Å². The molecule has 7 heteroatoms. The lowest BCUT2D eigenvalue weighted by molar-refractivity contribution is -0.143. The third-order valence-corrected chi connectivity index (χ3v) is 4.93. The number of imidazole rings is 1. The van der Waals surface area contributed by atoms with Crippen LogP contribution in [0, 0.1) is 0 Å². The summed E-state index contributed by atoms with van der Waals surface area (Å²) < 4.78 is 6.83. The second-order valence-electron chi connectivity index (χ2n) is 6.37. The molecule has 0 saturated heterocycles. The standard InChI is InChI=1S/C20H27N3O3S/c1-4-26-19(25)6-5-11-21-18(24)14-27-20-22-12-13-23(20)17-9-7-16(8-10-17)15(2)3/h7-10,12-13,15H,4-6,11,14H2,1-3H3,(H,21,24). The fourth-order valence-corrected chi connectivity index (χ4v) is 3.29. The minimum Gasteiger partial charge on any atom is -0.466 e. The fourth-order valence-electron chi connectivity index (χ4n) is 2.49. The number of nitrogens with one attached hydrogen (secondary N) is 1. The van der Waals surface area contributed by atoms with Crippen molar-refractivity contribution < 1.29 is 14.3 Å². The molecule has 0 radical (unpaired) electrons. The van der Waals surface area contributed by atoms with Crippen LogP contribution in [0.2, 0.25) is 0 Å². The van der Waals surface area contributed by atoms with Crippen LogP contribution < -0.4 is 5.32 Å². The molecule has 27 heavy (non-hydrogen) atoms. The minimum absolute atomic E-state index is 0.0754. The van der Waals surface area contributed by atoms with Gasteiger partial charge in [0.15, 0.2) is 5.16 Å². The topological polar surface area (TPSA) is 73.2 Å². The summed E-state index contributed by atoms with van der Waals surface area (Å²) in [5, 5.41) is 3.59. The number of benzene rings is 1. The zero-order valence-electron chi connectivity index (χ0n) is 16.1. The van der Waals surface area contributed by atoms with E-state index in [4.69, 9.17) is 4.74 Å². The zero-order chi connectivity index (χ0) is 19.6. The first-order chi connectivity index (χ1) is 13.0. The lowest BCUT2D eigenvalue weighted by atomic mass is 10.0. The second kappa shape index (κ2) is 10.8. The van der Waals surface area contributed by atoms with Crippen LogP contribution in [0.1, 0.15) is 45.1 Å². The van der Waals surface area contributed by atoms with E-state index in [1.54, 1.807) is 13.1 Å². The van der Waals surface area contributed by atoms with E-state index in [1.165, 1.54) is 17.3 Å². The molecule has 0 atom stereocenters. The molecule has 0 saturated carbocycles. The average molecular weight is 390 g/mol. The highest BCUT2D eigenvalue weighted by Gasteiger charge is 2.10. The van der Waals surface area contributed by atoms with Gasteiger partial charge in [-0.3, -0.25) is 14.2 Å². The second-order valence-corrected chi connectivity index (χ2v) is 7.32. The number of amides is 1. The number of hydrogen-bond donors (Lipinski definition) is 1. The van der Waals surface area contributed by atoms with Crippen molar-refractivity contribution in [3.05, 3.63) is 42.2 Å². The summed E-state index contributed by atoms with van der Waals surface area (Å²) in [6.45, 7) is 6.95. The van der Waals surface area contributed by atoms with Gasteiger partial charge in [-0.05, 0) is 37.0 Å².